The predicted octanol–water partition coefficient (Wildman–Crippen LogP) is 6.66. The van der Waals surface area contributed by atoms with Gasteiger partial charge in [-0.05, 0) is 61.5 Å². The number of rotatable bonds is 7. The second kappa shape index (κ2) is 9.19. The van der Waals surface area contributed by atoms with Crippen molar-refractivity contribution >= 4 is 28.8 Å². The van der Waals surface area contributed by atoms with Crippen molar-refractivity contribution in [1.29, 1.82) is 0 Å². The monoisotopic (exact) mass is 473 g/mol. The first-order chi connectivity index (χ1) is 15.7. The van der Waals surface area contributed by atoms with Crippen molar-refractivity contribution in [2.75, 3.05) is 0 Å². The maximum atomic E-state index is 12.8. The van der Waals surface area contributed by atoms with Gasteiger partial charge in [0.1, 0.15) is 11.3 Å². The molecule has 1 unspecified atom stereocenters. The Kier molecular flexibility index (Phi) is 6.33. The van der Waals surface area contributed by atoms with Crippen LogP contribution < -0.4 is 4.74 Å². The number of thioether (sulfide) groups is 1. The van der Waals surface area contributed by atoms with E-state index in [1.54, 1.807) is 30.0 Å². The molecule has 5 nitrogen and oxygen atoms in total. The normalized spacial score (nSPS) is 12.6. The van der Waals surface area contributed by atoms with Crippen LogP contribution in [-0.4, -0.2) is 22.2 Å². The summed E-state index contributed by atoms with van der Waals surface area (Å²) in [5, 5.41) is 8.93. The van der Waals surface area contributed by atoms with E-state index in [1.165, 1.54) is 19.1 Å². The first kappa shape index (κ1) is 22.7. The highest BCUT2D eigenvalue weighted by molar-refractivity contribution is 7.98. The molecule has 0 aliphatic rings. The van der Waals surface area contributed by atoms with Crippen LogP contribution in [0.4, 0.5) is 13.2 Å². The van der Waals surface area contributed by atoms with Gasteiger partial charge in [0.25, 0.3) is 0 Å². The van der Waals surface area contributed by atoms with E-state index in [0.717, 1.165) is 22.6 Å². The van der Waals surface area contributed by atoms with Gasteiger partial charge in [-0.3, -0.25) is 0 Å². The van der Waals surface area contributed by atoms with Gasteiger partial charge in [0.2, 0.25) is 5.89 Å². The summed E-state index contributed by atoms with van der Waals surface area (Å²) in [6, 6.07) is 17.3. The average molecular weight is 473 g/mol. The Morgan fingerprint density at radius 1 is 1.09 bits per heavy atom. The smallest absolute Gasteiger partial charge is 0.416 e. The van der Waals surface area contributed by atoms with Crippen molar-refractivity contribution in [2.45, 2.75) is 29.9 Å². The zero-order valence-corrected chi connectivity index (χ0v) is 18.1. The lowest BCUT2D eigenvalue weighted by Crippen LogP contribution is -2.22. The van der Waals surface area contributed by atoms with Crippen molar-refractivity contribution in [2.24, 2.45) is 0 Å². The van der Waals surface area contributed by atoms with Crippen LogP contribution in [0.3, 0.4) is 0 Å². The minimum absolute atomic E-state index is 0.255. The van der Waals surface area contributed by atoms with E-state index in [0.29, 0.717) is 28.2 Å². The molecule has 0 amide bonds. The third-order valence-electron chi connectivity index (χ3n) is 4.83. The number of fused-ring (bicyclic) bond motifs is 1. The van der Waals surface area contributed by atoms with Gasteiger partial charge in [-0.2, -0.15) is 13.2 Å². The maximum Gasteiger partial charge on any atom is 0.416 e. The largest absolute Gasteiger partial charge is 0.479 e. The van der Waals surface area contributed by atoms with E-state index < -0.39 is 23.8 Å². The number of para-hydroxylation sites is 1. The lowest BCUT2D eigenvalue weighted by Gasteiger charge is -2.10. The highest BCUT2D eigenvalue weighted by Gasteiger charge is 2.30. The van der Waals surface area contributed by atoms with Crippen molar-refractivity contribution in [3.8, 4) is 17.2 Å². The van der Waals surface area contributed by atoms with E-state index in [1.807, 2.05) is 24.3 Å². The molecule has 0 radical (unpaired) electrons. The Labute approximate surface area is 191 Å². The number of oxazole rings is 1. The molecule has 0 bridgehead atoms. The van der Waals surface area contributed by atoms with E-state index in [2.05, 4.69) is 4.98 Å². The first-order valence-corrected chi connectivity index (χ1v) is 10.9. The third-order valence-corrected chi connectivity index (χ3v) is 5.90. The van der Waals surface area contributed by atoms with Gasteiger partial charge in [-0.15, -0.1) is 11.8 Å². The molecule has 3 aromatic carbocycles. The molecule has 0 aliphatic heterocycles. The number of halogens is 3. The summed E-state index contributed by atoms with van der Waals surface area (Å²) >= 11 is 1.55. The summed E-state index contributed by atoms with van der Waals surface area (Å²) in [5.74, 6) is 0.257. The summed E-state index contributed by atoms with van der Waals surface area (Å²) in [6.07, 6.45) is -5.34. The molecule has 1 heterocycles. The topological polar surface area (TPSA) is 72.6 Å². The number of ether oxygens (including phenoxy) is 1. The van der Waals surface area contributed by atoms with Crippen LogP contribution in [0, 0.1) is 0 Å². The van der Waals surface area contributed by atoms with Crippen LogP contribution in [0.15, 0.2) is 76.0 Å². The van der Waals surface area contributed by atoms with Gasteiger partial charge in [-0.1, -0.05) is 12.1 Å². The molecular weight excluding hydrogens is 455 g/mol. The quantitative estimate of drug-likeness (QED) is 0.303. The summed E-state index contributed by atoms with van der Waals surface area (Å²) < 4.78 is 49.6. The number of carboxylic acids is 1. The summed E-state index contributed by atoms with van der Waals surface area (Å²) in [4.78, 5) is 16.3. The first-order valence-electron chi connectivity index (χ1n) is 9.89. The minimum Gasteiger partial charge on any atom is -0.479 e. The molecule has 4 aromatic rings. The summed E-state index contributed by atoms with van der Waals surface area (Å²) in [6.45, 7) is 1.46. The maximum absolute atomic E-state index is 12.8. The molecule has 170 valence electrons. The highest BCUT2D eigenvalue weighted by Crippen LogP contribution is 2.33. The lowest BCUT2D eigenvalue weighted by molar-refractivity contribution is -0.144. The molecule has 1 aromatic heterocycles. The Bertz CT molecular complexity index is 1270. The van der Waals surface area contributed by atoms with Crippen LogP contribution in [0.2, 0.25) is 0 Å². The molecular formula is C24H18F3NO4S. The number of aromatic nitrogens is 1. The summed E-state index contributed by atoms with van der Waals surface area (Å²) in [5.41, 5.74) is 1.82. The van der Waals surface area contributed by atoms with Crippen molar-refractivity contribution in [3.05, 3.63) is 77.9 Å². The van der Waals surface area contributed by atoms with Crippen LogP contribution in [0.1, 0.15) is 18.1 Å². The van der Waals surface area contributed by atoms with Gasteiger partial charge >= 0.3 is 12.1 Å². The number of hydrogen-bond donors (Lipinski definition) is 1. The fourth-order valence-electron chi connectivity index (χ4n) is 3.08. The lowest BCUT2D eigenvalue weighted by atomic mass is 10.1. The van der Waals surface area contributed by atoms with E-state index in [-0.39, 0.29) is 5.89 Å². The van der Waals surface area contributed by atoms with E-state index >= 15 is 0 Å². The van der Waals surface area contributed by atoms with Crippen LogP contribution >= 0.6 is 11.8 Å². The molecule has 0 saturated carbocycles. The summed E-state index contributed by atoms with van der Waals surface area (Å²) in [7, 11) is 0. The average Bonchev–Trinajstić information content (AvgIpc) is 3.23. The molecule has 0 spiro atoms. The van der Waals surface area contributed by atoms with Crippen LogP contribution in [-0.2, 0) is 16.7 Å². The van der Waals surface area contributed by atoms with E-state index in [9.17, 15) is 18.0 Å². The van der Waals surface area contributed by atoms with E-state index in [4.69, 9.17) is 14.3 Å². The second-order valence-electron chi connectivity index (χ2n) is 7.22. The SMILES string of the molecule is CC(Oc1ccc(SCc2cccc3nc(-c4ccc(C(F)(F)F)cc4)oc23)cc1)C(=O)O. The van der Waals surface area contributed by atoms with Gasteiger partial charge in [0, 0.05) is 21.8 Å². The van der Waals surface area contributed by atoms with Crippen molar-refractivity contribution in [3.63, 3.8) is 0 Å². The van der Waals surface area contributed by atoms with Crippen LogP contribution in [0.25, 0.3) is 22.6 Å². The molecule has 9 heteroatoms. The molecule has 33 heavy (non-hydrogen) atoms. The second-order valence-corrected chi connectivity index (χ2v) is 8.27. The third kappa shape index (κ3) is 5.31. The minimum atomic E-state index is -4.40. The number of hydrogen-bond acceptors (Lipinski definition) is 5. The Balaban J connectivity index is 1.49. The Morgan fingerprint density at radius 2 is 1.79 bits per heavy atom. The Morgan fingerprint density at radius 3 is 2.42 bits per heavy atom. The number of aliphatic carboxylic acids is 1. The van der Waals surface area contributed by atoms with Crippen LogP contribution in [0.5, 0.6) is 5.75 Å². The predicted molar refractivity (Wildman–Crippen MR) is 118 cm³/mol. The number of carboxylic acid groups (broad SMARTS) is 1. The molecule has 4 rings (SSSR count). The number of alkyl halides is 3. The molecule has 0 fully saturated rings. The highest BCUT2D eigenvalue weighted by atomic mass is 32.2. The fraction of sp³-hybridized carbons (Fsp3) is 0.167. The van der Waals surface area contributed by atoms with Gasteiger partial charge in [0.05, 0.1) is 5.56 Å². The fourth-order valence-corrected chi connectivity index (χ4v) is 3.95. The van der Waals surface area contributed by atoms with Gasteiger partial charge < -0.3 is 14.3 Å². The van der Waals surface area contributed by atoms with Crippen molar-refractivity contribution < 1.29 is 32.2 Å². The van der Waals surface area contributed by atoms with Gasteiger partial charge in [0.15, 0.2) is 11.7 Å². The zero-order chi connectivity index (χ0) is 23.6. The molecule has 1 atom stereocenters. The Hall–Kier alpha value is -3.46. The number of carbonyl (C=O) groups is 1. The number of nitrogens with zero attached hydrogens (tertiary/aromatic N) is 1. The molecule has 1 N–H and O–H groups in total. The van der Waals surface area contributed by atoms with Crippen molar-refractivity contribution in [1.82, 2.24) is 4.98 Å². The standard InChI is InChI=1S/C24H18F3NO4S/c1-14(23(29)30)31-18-9-11-19(12-10-18)33-13-16-3-2-4-20-21(16)32-22(28-20)15-5-7-17(8-6-15)24(25,26)27/h2-12,14H,13H2,1H3,(H,29,30). The zero-order valence-electron chi connectivity index (χ0n) is 17.3. The number of benzene rings is 3. The molecule has 0 saturated heterocycles. The molecule has 0 aliphatic carbocycles. The van der Waals surface area contributed by atoms with Gasteiger partial charge in [-0.25, -0.2) is 9.78 Å².